The molecular weight excluding hydrogens is 404 g/mol. The molecule has 0 aliphatic carbocycles. The lowest BCUT2D eigenvalue weighted by atomic mass is 10.1. The monoisotopic (exact) mass is 415 g/mol. The van der Waals surface area contributed by atoms with Crippen LogP contribution in [0.3, 0.4) is 0 Å². The highest BCUT2D eigenvalue weighted by atomic mass is 32.1. The third-order valence-corrected chi connectivity index (χ3v) is 5.29. The van der Waals surface area contributed by atoms with E-state index in [2.05, 4.69) is 30.8 Å². The molecule has 4 aromatic heterocycles. The van der Waals surface area contributed by atoms with E-state index in [1.165, 1.54) is 11.3 Å². The summed E-state index contributed by atoms with van der Waals surface area (Å²) in [5.41, 5.74) is 2.23. The van der Waals surface area contributed by atoms with Crippen molar-refractivity contribution < 1.29 is 18.0 Å². The number of hydrogen-bond acceptors (Lipinski definition) is 8. The molecule has 1 N–H and O–H groups in total. The SMILES string of the molecule is O=C1Cc2cc(-c3cn(Cc4ccc(-c5nnc(C(F)F)o5)s4)nn3)cnc2N1. The summed E-state index contributed by atoms with van der Waals surface area (Å²) in [7, 11) is 0. The van der Waals surface area contributed by atoms with E-state index in [0.717, 1.165) is 16.0 Å². The largest absolute Gasteiger partial charge is 0.414 e. The van der Waals surface area contributed by atoms with Crippen molar-refractivity contribution in [3.63, 3.8) is 0 Å². The molecule has 29 heavy (non-hydrogen) atoms. The number of pyridine rings is 1. The number of thiophene rings is 1. The van der Waals surface area contributed by atoms with Crippen LogP contribution >= 0.6 is 11.3 Å². The molecular formula is C17H11F2N7O2S. The molecule has 1 aliphatic heterocycles. The molecule has 0 radical (unpaired) electrons. The van der Waals surface area contributed by atoms with Crippen molar-refractivity contribution >= 4 is 23.1 Å². The van der Waals surface area contributed by atoms with Gasteiger partial charge in [-0.3, -0.25) is 4.79 Å². The van der Waals surface area contributed by atoms with Crippen molar-refractivity contribution in [1.82, 2.24) is 30.2 Å². The Balaban J connectivity index is 1.33. The highest BCUT2D eigenvalue weighted by Crippen LogP contribution is 2.30. The standard InChI is InChI=1S/C17H11F2N7O2S/c18-14(19)17-24-23-16(28-17)12-2-1-10(29-12)6-26-7-11(22-25-26)9-3-8-4-13(27)21-15(8)20-5-9/h1-3,5,7,14H,4,6H2,(H,20,21,27). The lowest BCUT2D eigenvalue weighted by Crippen LogP contribution is -2.04. The maximum absolute atomic E-state index is 12.6. The maximum atomic E-state index is 12.6. The van der Waals surface area contributed by atoms with Gasteiger partial charge in [-0.1, -0.05) is 5.21 Å². The Bertz CT molecular complexity index is 1220. The molecule has 5 heterocycles. The van der Waals surface area contributed by atoms with Gasteiger partial charge in [0.15, 0.2) is 0 Å². The summed E-state index contributed by atoms with van der Waals surface area (Å²) >= 11 is 1.34. The van der Waals surface area contributed by atoms with Gasteiger partial charge in [-0.05, 0) is 18.2 Å². The molecule has 0 bridgehead atoms. The summed E-state index contributed by atoms with van der Waals surface area (Å²) in [6.07, 6.45) is 0.907. The van der Waals surface area contributed by atoms with Gasteiger partial charge in [0.05, 0.1) is 24.0 Å². The molecule has 0 unspecified atom stereocenters. The average molecular weight is 415 g/mol. The van der Waals surface area contributed by atoms with Crippen LogP contribution in [0.2, 0.25) is 0 Å². The first-order chi connectivity index (χ1) is 14.0. The Morgan fingerprint density at radius 1 is 1.28 bits per heavy atom. The number of halogens is 2. The number of fused-ring (bicyclic) bond motifs is 1. The first kappa shape index (κ1) is 17.6. The molecule has 4 aromatic rings. The van der Waals surface area contributed by atoms with E-state index in [0.29, 0.717) is 29.4 Å². The van der Waals surface area contributed by atoms with Gasteiger partial charge in [-0.2, -0.15) is 8.78 Å². The minimum absolute atomic E-state index is 0.0585. The molecule has 0 saturated heterocycles. The van der Waals surface area contributed by atoms with Crippen LogP contribution in [0.1, 0.15) is 22.8 Å². The fourth-order valence-corrected chi connectivity index (χ4v) is 3.84. The van der Waals surface area contributed by atoms with E-state index in [9.17, 15) is 13.6 Å². The first-order valence-corrected chi connectivity index (χ1v) is 9.27. The molecule has 0 fully saturated rings. The summed E-state index contributed by atoms with van der Waals surface area (Å²) in [6, 6.07) is 5.44. The second-order valence-electron chi connectivity index (χ2n) is 6.27. The number of aromatic nitrogens is 6. The topological polar surface area (TPSA) is 112 Å². The van der Waals surface area contributed by atoms with Crippen LogP contribution in [0.25, 0.3) is 22.0 Å². The van der Waals surface area contributed by atoms with E-state index in [-0.39, 0.29) is 11.8 Å². The number of carbonyl (C=O) groups is 1. The molecule has 1 amide bonds. The Morgan fingerprint density at radius 2 is 2.17 bits per heavy atom. The second kappa shape index (κ2) is 6.81. The zero-order chi connectivity index (χ0) is 20.0. The highest BCUT2D eigenvalue weighted by Gasteiger charge is 2.20. The van der Waals surface area contributed by atoms with Gasteiger partial charge in [-0.25, -0.2) is 9.67 Å². The highest BCUT2D eigenvalue weighted by molar-refractivity contribution is 7.15. The molecule has 5 rings (SSSR count). The van der Waals surface area contributed by atoms with Crippen LogP contribution in [-0.2, 0) is 17.8 Å². The summed E-state index contributed by atoms with van der Waals surface area (Å²) in [5.74, 6) is -0.143. The van der Waals surface area contributed by atoms with E-state index < -0.39 is 12.3 Å². The summed E-state index contributed by atoms with van der Waals surface area (Å²) in [4.78, 5) is 17.2. The second-order valence-corrected chi connectivity index (χ2v) is 7.44. The Kier molecular flexibility index (Phi) is 4.12. The van der Waals surface area contributed by atoms with Crippen LogP contribution < -0.4 is 5.32 Å². The van der Waals surface area contributed by atoms with Crippen LogP contribution in [0.5, 0.6) is 0 Å². The van der Waals surface area contributed by atoms with Crippen LogP contribution in [0.15, 0.2) is 35.0 Å². The number of alkyl halides is 2. The van der Waals surface area contributed by atoms with Gasteiger partial charge < -0.3 is 9.73 Å². The molecule has 0 aromatic carbocycles. The Morgan fingerprint density at radius 3 is 3.00 bits per heavy atom. The third kappa shape index (κ3) is 3.38. The van der Waals surface area contributed by atoms with Crippen LogP contribution in [0, 0.1) is 0 Å². The zero-order valence-corrected chi connectivity index (χ0v) is 15.4. The number of nitrogens with one attached hydrogen (secondary N) is 1. The molecule has 0 spiro atoms. The van der Waals surface area contributed by atoms with Gasteiger partial charge in [0.2, 0.25) is 5.91 Å². The minimum atomic E-state index is -2.80. The third-order valence-electron chi connectivity index (χ3n) is 4.23. The van der Waals surface area contributed by atoms with Crippen molar-refractivity contribution in [3.05, 3.63) is 46.9 Å². The van der Waals surface area contributed by atoms with Crippen LogP contribution in [-0.4, -0.2) is 36.1 Å². The summed E-state index contributed by atoms with van der Waals surface area (Å²) < 4.78 is 31.8. The molecule has 0 saturated carbocycles. The van der Waals surface area contributed by atoms with Crippen molar-refractivity contribution in [1.29, 1.82) is 0 Å². The average Bonchev–Trinajstić information content (AvgIpc) is 3.47. The van der Waals surface area contributed by atoms with Gasteiger partial charge in [0.1, 0.15) is 11.5 Å². The smallest absolute Gasteiger partial charge is 0.314 e. The van der Waals surface area contributed by atoms with E-state index in [1.807, 2.05) is 12.1 Å². The quantitative estimate of drug-likeness (QED) is 0.533. The number of carbonyl (C=O) groups excluding carboxylic acids is 1. The normalized spacial score (nSPS) is 13.1. The number of anilines is 1. The van der Waals surface area contributed by atoms with E-state index >= 15 is 0 Å². The van der Waals surface area contributed by atoms with Crippen LogP contribution in [0.4, 0.5) is 14.6 Å². The number of hydrogen-bond donors (Lipinski definition) is 1. The van der Waals surface area contributed by atoms with Gasteiger partial charge >= 0.3 is 6.43 Å². The number of nitrogens with zero attached hydrogens (tertiary/aromatic N) is 6. The predicted octanol–water partition coefficient (Wildman–Crippen LogP) is 2.93. The predicted molar refractivity (Wildman–Crippen MR) is 97.3 cm³/mol. The van der Waals surface area contributed by atoms with Crippen molar-refractivity contribution in [2.45, 2.75) is 19.4 Å². The van der Waals surface area contributed by atoms with E-state index in [4.69, 9.17) is 4.42 Å². The van der Waals surface area contributed by atoms with Crippen molar-refractivity contribution in [2.24, 2.45) is 0 Å². The first-order valence-electron chi connectivity index (χ1n) is 8.45. The fraction of sp³-hybridized carbons (Fsp3) is 0.176. The lowest BCUT2D eigenvalue weighted by Gasteiger charge is -1.99. The van der Waals surface area contributed by atoms with Crippen molar-refractivity contribution in [2.75, 3.05) is 5.32 Å². The van der Waals surface area contributed by atoms with Gasteiger partial charge in [-0.15, -0.1) is 26.6 Å². The summed E-state index contributed by atoms with van der Waals surface area (Å²) in [5, 5.41) is 18.0. The van der Waals surface area contributed by atoms with Gasteiger partial charge in [0, 0.05) is 22.2 Å². The molecule has 12 heteroatoms. The Labute approximate surface area is 165 Å². The van der Waals surface area contributed by atoms with E-state index in [1.54, 1.807) is 23.1 Å². The van der Waals surface area contributed by atoms with Gasteiger partial charge in [0.25, 0.3) is 11.8 Å². The zero-order valence-electron chi connectivity index (χ0n) is 14.5. The fourth-order valence-electron chi connectivity index (χ4n) is 2.91. The maximum Gasteiger partial charge on any atom is 0.314 e. The Hall–Kier alpha value is -3.54. The lowest BCUT2D eigenvalue weighted by molar-refractivity contribution is -0.115. The molecule has 9 nitrogen and oxygen atoms in total. The number of rotatable bonds is 5. The molecule has 146 valence electrons. The molecule has 0 atom stereocenters. The number of amides is 1. The summed E-state index contributed by atoms with van der Waals surface area (Å²) in [6.45, 7) is 0.436. The molecule has 1 aliphatic rings. The van der Waals surface area contributed by atoms with Crippen molar-refractivity contribution in [3.8, 4) is 22.0 Å². The minimum Gasteiger partial charge on any atom is -0.414 e.